The molecule has 0 aliphatic heterocycles. The second-order valence-electron chi connectivity index (χ2n) is 5.55. The molecule has 106 valence electrons. The van der Waals surface area contributed by atoms with Gasteiger partial charge in [-0.3, -0.25) is 0 Å². The van der Waals surface area contributed by atoms with Gasteiger partial charge in [-0.25, -0.2) is 0 Å². The first-order valence-electron chi connectivity index (χ1n) is 7.27. The van der Waals surface area contributed by atoms with E-state index in [2.05, 4.69) is 41.8 Å². The number of aryl methyl sites for hydroxylation is 1. The van der Waals surface area contributed by atoms with Crippen LogP contribution in [-0.4, -0.2) is 0 Å². The van der Waals surface area contributed by atoms with Gasteiger partial charge in [-0.2, -0.15) is 0 Å². The van der Waals surface area contributed by atoms with Gasteiger partial charge in [-0.15, -0.1) is 11.3 Å². The molecule has 4 rings (SSSR count). The number of rotatable bonds is 3. The van der Waals surface area contributed by atoms with E-state index >= 15 is 0 Å². The lowest BCUT2D eigenvalue weighted by molar-refractivity contribution is 0.308. The molecule has 2 aromatic carbocycles. The molecule has 21 heavy (non-hydrogen) atoms. The van der Waals surface area contributed by atoms with Crippen LogP contribution in [0, 0.1) is 0 Å². The van der Waals surface area contributed by atoms with Crippen LogP contribution in [0.3, 0.4) is 0 Å². The van der Waals surface area contributed by atoms with E-state index in [4.69, 9.17) is 10.5 Å². The molecular formula is C18H17NOS. The van der Waals surface area contributed by atoms with E-state index in [0.717, 1.165) is 18.6 Å². The molecule has 3 aromatic rings. The Morgan fingerprint density at radius 1 is 1.19 bits per heavy atom. The Morgan fingerprint density at radius 2 is 2.10 bits per heavy atom. The summed E-state index contributed by atoms with van der Waals surface area (Å²) < 4.78 is 7.30. The molecule has 0 saturated carbocycles. The molecule has 2 nitrogen and oxygen atoms in total. The van der Waals surface area contributed by atoms with Gasteiger partial charge in [-0.05, 0) is 52.9 Å². The van der Waals surface area contributed by atoms with Crippen LogP contribution >= 0.6 is 11.3 Å². The smallest absolute Gasteiger partial charge is 0.120 e. The molecular weight excluding hydrogens is 278 g/mol. The third kappa shape index (κ3) is 2.33. The third-order valence-electron chi connectivity index (χ3n) is 4.19. The monoisotopic (exact) mass is 295 g/mol. The molecule has 3 heteroatoms. The fraction of sp³-hybridized carbons (Fsp3) is 0.222. The fourth-order valence-electron chi connectivity index (χ4n) is 3.02. The van der Waals surface area contributed by atoms with Crippen LogP contribution in [-0.2, 0) is 13.0 Å². The number of ether oxygens (including phenoxy) is 1. The van der Waals surface area contributed by atoms with Crippen LogP contribution in [0.2, 0.25) is 0 Å². The van der Waals surface area contributed by atoms with Gasteiger partial charge in [0, 0.05) is 16.3 Å². The highest BCUT2D eigenvalue weighted by atomic mass is 32.1. The molecule has 0 unspecified atom stereocenters. The quantitative estimate of drug-likeness (QED) is 0.776. The minimum absolute atomic E-state index is 0.204. The van der Waals surface area contributed by atoms with Crippen LogP contribution in [0.25, 0.3) is 10.1 Å². The second-order valence-corrected chi connectivity index (χ2v) is 6.46. The molecule has 1 heterocycles. The lowest BCUT2D eigenvalue weighted by Crippen LogP contribution is -2.05. The van der Waals surface area contributed by atoms with E-state index in [1.165, 1.54) is 26.8 Å². The van der Waals surface area contributed by atoms with E-state index in [1.54, 1.807) is 11.3 Å². The Kier molecular flexibility index (Phi) is 3.17. The standard InChI is InChI=1S/C18H17NOS/c19-17-8-5-12-9-14(6-7-15(12)17)20-10-13-11-21-18-4-2-1-3-16(13)18/h1-4,6-7,9,11,17H,5,8,10,19H2/t17-/m0/s1. The van der Waals surface area contributed by atoms with Gasteiger partial charge in [0.15, 0.2) is 0 Å². The zero-order chi connectivity index (χ0) is 14.2. The molecule has 1 aromatic heterocycles. The SMILES string of the molecule is N[C@H]1CCc2cc(OCc3csc4ccccc34)ccc21. The molecule has 0 saturated heterocycles. The molecule has 0 spiro atoms. The summed E-state index contributed by atoms with van der Waals surface area (Å²) in [6.07, 6.45) is 2.11. The Morgan fingerprint density at radius 3 is 3.05 bits per heavy atom. The van der Waals surface area contributed by atoms with E-state index in [1.807, 2.05) is 6.07 Å². The van der Waals surface area contributed by atoms with Gasteiger partial charge < -0.3 is 10.5 Å². The predicted molar refractivity (Wildman–Crippen MR) is 87.8 cm³/mol. The zero-order valence-corrected chi connectivity index (χ0v) is 12.5. The Hall–Kier alpha value is -1.84. The van der Waals surface area contributed by atoms with Crippen molar-refractivity contribution in [3.8, 4) is 5.75 Å². The summed E-state index contributed by atoms with van der Waals surface area (Å²) in [6, 6.07) is 15.0. The van der Waals surface area contributed by atoms with Gasteiger partial charge >= 0.3 is 0 Å². The molecule has 2 N–H and O–H groups in total. The normalized spacial score (nSPS) is 17.1. The zero-order valence-electron chi connectivity index (χ0n) is 11.7. The summed E-state index contributed by atoms with van der Waals surface area (Å²) in [5.41, 5.74) is 9.95. The topological polar surface area (TPSA) is 35.2 Å². The summed E-state index contributed by atoms with van der Waals surface area (Å²) in [4.78, 5) is 0. The predicted octanol–water partition coefficient (Wildman–Crippen LogP) is 4.43. The first kappa shape index (κ1) is 12.9. The molecule has 0 fully saturated rings. The van der Waals surface area contributed by atoms with Gasteiger partial charge in [0.25, 0.3) is 0 Å². The summed E-state index contributed by atoms with van der Waals surface area (Å²) in [6.45, 7) is 0.620. The van der Waals surface area contributed by atoms with E-state index in [9.17, 15) is 0 Å². The van der Waals surface area contributed by atoms with Crippen molar-refractivity contribution in [2.24, 2.45) is 5.73 Å². The van der Waals surface area contributed by atoms with Crippen LogP contribution < -0.4 is 10.5 Å². The molecule has 1 aliphatic rings. The highest BCUT2D eigenvalue weighted by Gasteiger charge is 2.19. The van der Waals surface area contributed by atoms with Crippen molar-refractivity contribution in [1.29, 1.82) is 0 Å². The highest BCUT2D eigenvalue weighted by molar-refractivity contribution is 7.17. The maximum atomic E-state index is 6.07. The maximum Gasteiger partial charge on any atom is 0.120 e. The van der Waals surface area contributed by atoms with Crippen molar-refractivity contribution >= 4 is 21.4 Å². The van der Waals surface area contributed by atoms with Crippen LogP contribution in [0.1, 0.15) is 29.2 Å². The van der Waals surface area contributed by atoms with Crippen molar-refractivity contribution in [2.45, 2.75) is 25.5 Å². The number of thiophene rings is 1. The first-order chi connectivity index (χ1) is 10.3. The summed E-state index contributed by atoms with van der Waals surface area (Å²) in [5, 5.41) is 3.49. The number of nitrogens with two attached hydrogens (primary N) is 1. The number of hydrogen-bond acceptors (Lipinski definition) is 3. The average molecular weight is 295 g/mol. The second kappa shape index (κ2) is 5.17. The Labute approximate surface area is 128 Å². The van der Waals surface area contributed by atoms with Crippen molar-refractivity contribution < 1.29 is 4.74 Å². The van der Waals surface area contributed by atoms with E-state index in [-0.39, 0.29) is 6.04 Å². The van der Waals surface area contributed by atoms with Gasteiger partial charge in [0.2, 0.25) is 0 Å². The van der Waals surface area contributed by atoms with E-state index < -0.39 is 0 Å². The molecule has 0 radical (unpaired) electrons. The van der Waals surface area contributed by atoms with Crippen LogP contribution in [0.5, 0.6) is 5.75 Å². The lowest BCUT2D eigenvalue weighted by atomic mass is 10.1. The summed E-state index contributed by atoms with van der Waals surface area (Å²) >= 11 is 1.77. The number of fused-ring (bicyclic) bond motifs is 2. The largest absolute Gasteiger partial charge is 0.489 e. The molecule has 0 amide bonds. The summed E-state index contributed by atoms with van der Waals surface area (Å²) in [7, 11) is 0. The average Bonchev–Trinajstić information content (AvgIpc) is 3.09. The van der Waals surface area contributed by atoms with Crippen LogP contribution in [0.4, 0.5) is 0 Å². The Balaban J connectivity index is 1.55. The van der Waals surface area contributed by atoms with Gasteiger partial charge in [0.1, 0.15) is 12.4 Å². The first-order valence-corrected chi connectivity index (χ1v) is 8.15. The summed E-state index contributed by atoms with van der Waals surface area (Å²) in [5.74, 6) is 0.943. The van der Waals surface area contributed by atoms with Crippen molar-refractivity contribution in [3.63, 3.8) is 0 Å². The maximum absolute atomic E-state index is 6.07. The van der Waals surface area contributed by atoms with Crippen LogP contribution in [0.15, 0.2) is 47.8 Å². The molecule has 1 aliphatic carbocycles. The minimum Gasteiger partial charge on any atom is -0.489 e. The number of benzene rings is 2. The fourth-order valence-corrected chi connectivity index (χ4v) is 3.97. The van der Waals surface area contributed by atoms with Crippen molar-refractivity contribution in [3.05, 3.63) is 64.5 Å². The van der Waals surface area contributed by atoms with Gasteiger partial charge in [-0.1, -0.05) is 24.3 Å². The highest BCUT2D eigenvalue weighted by Crippen LogP contribution is 2.32. The minimum atomic E-state index is 0.204. The molecule has 0 bridgehead atoms. The van der Waals surface area contributed by atoms with Crippen molar-refractivity contribution in [2.75, 3.05) is 0 Å². The van der Waals surface area contributed by atoms with Gasteiger partial charge in [0.05, 0.1) is 0 Å². The number of hydrogen-bond donors (Lipinski definition) is 1. The Bertz CT molecular complexity index is 793. The third-order valence-corrected chi connectivity index (χ3v) is 5.21. The van der Waals surface area contributed by atoms with Crippen molar-refractivity contribution in [1.82, 2.24) is 0 Å². The van der Waals surface area contributed by atoms with E-state index in [0.29, 0.717) is 6.61 Å². The lowest BCUT2D eigenvalue weighted by Gasteiger charge is -2.09. The molecule has 1 atom stereocenters.